The molecule has 0 amide bonds. The number of rotatable bonds is 6. The van der Waals surface area contributed by atoms with Crippen LogP contribution in [0.5, 0.6) is 0 Å². The summed E-state index contributed by atoms with van der Waals surface area (Å²) in [5.74, 6) is 2.45. The van der Waals surface area contributed by atoms with Gasteiger partial charge in [-0.2, -0.15) is 24.9 Å². The minimum absolute atomic E-state index is 0.00367. The molecule has 3 aromatic rings. The van der Waals surface area contributed by atoms with Crippen molar-refractivity contribution >= 4 is 23.3 Å². The first-order valence-corrected chi connectivity index (χ1v) is 11.2. The zero-order valence-electron chi connectivity index (χ0n) is 16.8. The van der Waals surface area contributed by atoms with Crippen molar-refractivity contribution in [1.82, 2.24) is 19.9 Å². The number of hydrogen-bond donors (Lipinski definition) is 1. The van der Waals surface area contributed by atoms with E-state index < -0.39 is 11.9 Å². The van der Waals surface area contributed by atoms with Gasteiger partial charge >= 0.3 is 6.18 Å². The van der Waals surface area contributed by atoms with Gasteiger partial charge in [0.15, 0.2) is 11.5 Å². The molecule has 0 radical (unpaired) electrons. The topological polar surface area (TPSA) is 53.9 Å². The van der Waals surface area contributed by atoms with Crippen LogP contribution in [0.25, 0.3) is 11.4 Å². The fraction of sp³-hybridized carbons (Fsp3) is 0.318. The van der Waals surface area contributed by atoms with E-state index in [-0.39, 0.29) is 11.6 Å². The van der Waals surface area contributed by atoms with E-state index in [0.29, 0.717) is 11.3 Å². The summed E-state index contributed by atoms with van der Waals surface area (Å²) < 4.78 is 40.1. The van der Waals surface area contributed by atoms with E-state index in [9.17, 15) is 13.2 Å². The van der Waals surface area contributed by atoms with Crippen molar-refractivity contribution in [2.75, 3.05) is 36.5 Å². The summed E-state index contributed by atoms with van der Waals surface area (Å²) in [4.78, 5) is 14.3. The molecule has 162 valence electrons. The monoisotopic (exact) mass is 445 g/mol. The minimum atomic E-state index is -4.57. The highest BCUT2D eigenvalue weighted by Crippen LogP contribution is 2.31. The molecule has 31 heavy (non-hydrogen) atoms. The number of benzene rings is 1. The van der Waals surface area contributed by atoms with Crippen LogP contribution >= 0.6 is 11.8 Å². The Morgan fingerprint density at radius 3 is 2.35 bits per heavy atom. The van der Waals surface area contributed by atoms with E-state index in [1.54, 1.807) is 12.1 Å². The van der Waals surface area contributed by atoms with Crippen molar-refractivity contribution in [3.63, 3.8) is 0 Å². The molecule has 0 aliphatic carbocycles. The van der Waals surface area contributed by atoms with E-state index in [4.69, 9.17) is 0 Å². The molecule has 1 aliphatic rings. The summed E-state index contributed by atoms with van der Waals surface area (Å²) in [7, 11) is 0. The Bertz CT molecular complexity index is 990. The van der Waals surface area contributed by atoms with Gasteiger partial charge in [0.2, 0.25) is 0 Å². The van der Waals surface area contributed by atoms with Gasteiger partial charge in [0.25, 0.3) is 0 Å². The summed E-state index contributed by atoms with van der Waals surface area (Å²) in [5, 5.41) is 2.98. The quantitative estimate of drug-likeness (QED) is 0.583. The van der Waals surface area contributed by atoms with Crippen molar-refractivity contribution in [3.05, 3.63) is 66.1 Å². The molecule has 0 saturated carbocycles. The Balaban J connectivity index is 1.49. The molecule has 0 atom stereocenters. The van der Waals surface area contributed by atoms with Crippen molar-refractivity contribution in [1.29, 1.82) is 0 Å². The number of nitrogens with zero attached hydrogens (tertiary/aromatic N) is 4. The number of hydrogen-bond acceptors (Lipinski definition) is 6. The number of alkyl halides is 3. The average molecular weight is 446 g/mol. The largest absolute Gasteiger partial charge is 0.433 e. The second-order valence-corrected chi connectivity index (χ2v) is 8.45. The van der Waals surface area contributed by atoms with Crippen molar-refractivity contribution < 1.29 is 13.2 Å². The van der Waals surface area contributed by atoms with E-state index in [1.807, 2.05) is 36.0 Å². The van der Waals surface area contributed by atoms with Gasteiger partial charge in [-0.15, -0.1) is 0 Å². The van der Waals surface area contributed by atoms with Gasteiger partial charge in [-0.1, -0.05) is 12.1 Å². The molecule has 1 saturated heterocycles. The maximum atomic E-state index is 13.4. The Hall–Kier alpha value is -2.65. The lowest BCUT2D eigenvalue weighted by molar-refractivity contribution is -0.141. The van der Waals surface area contributed by atoms with Crippen LogP contribution in [-0.4, -0.2) is 51.0 Å². The Kier molecular flexibility index (Phi) is 6.72. The first kappa shape index (κ1) is 21.6. The van der Waals surface area contributed by atoms with Crippen molar-refractivity contribution in [2.24, 2.45) is 0 Å². The Morgan fingerprint density at radius 2 is 1.68 bits per heavy atom. The maximum Gasteiger partial charge on any atom is 0.433 e. The molecule has 1 fully saturated rings. The first-order valence-electron chi connectivity index (χ1n) is 10.0. The summed E-state index contributed by atoms with van der Waals surface area (Å²) in [6.07, 6.45) is -0.637. The number of halogens is 3. The van der Waals surface area contributed by atoms with Gasteiger partial charge in [-0.05, 0) is 36.2 Å². The van der Waals surface area contributed by atoms with Crippen LogP contribution in [0.4, 0.5) is 24.7 Å². The zero-order valence-corrected chi connectivity index (χ0v) is 17.6. The second kappa shape index (κ2) is 9.65. The van der Waals surface area contributed by atoms with Gasteiger partial charge in [0, 0.05) is 60.9 Å². The molecule has 0 bridgehead atoms. The molecule has 3 heterocycles. The molecule has 1 aliphatic heterocycles. The fourth-order valence-corrected chi connectivity index (χ4v) is 4.28. The van der Waals surface area contributed by atoms with Crippen LogP contribution in [0.1, 0.15) is 11.3 Å². The van der Waals surface area contributed by atoms with Crippen LogP contribution in [-0.2, 0) is 12.6 Å². The highest BCUT2D eigenvalue weighted by Gasteiger charge is 2.33. The van der Waals surface area contributed by atoms with Crippen molar-refractivity contribution in [3.8, 4) is 11.4 Å². The highest BCUT2D eigenvalue weighted by atomic mass is 32.2. The third kappa shape index (κ3) is 5.95. The SMILES string of the molecule is FC(F)(F)c1cc(Nc2ccc(CCN3CCSCC3)cc2)nc(-c2ccncc2)n1. The predicted molar refractivity (Wildman–Crippen MR) is 117 cm³/mol. The lowest BCUT2D eigenvalue weighted by Crippen LogP contribution is -2.34. The number of anilines is 2. The normalized spacial score (nSPS) is 15.1. The molecule has 9 heteroatoms. The lowest BCUT2D eigenvalue weighted by Gasteiger charge is -2.26. The van der Waals surface area contributed by atoms with Gasteiger partial charge < -0.3 is 10.2 Å². The highest BCUT2D eigenvalue weighted by molar-refractivity contribution is 7.99. The molecular formula is C22H22F3N5S. The summed E-state index contributed by atoms with van der Waals surface area (Å²) in [6, 6.07) is 11.8. The standard InChI is InChI=1S/C22H22F3N5S/c23-22(24,25)19-15-20(29-21(28-19)17-5-8-26-9-6-17)27-18-3-1-16(2-4-18)7-10-30-11-13-31-14-12-30/h1-6,8-9,15H,7,10-14H2,(H,27,28,29). The fourth-order valence-electron chi connectivity index (χ4n) is 3.30. The van der Waals surface area contributed by atoms with E-state index in [0.717, 1.165) is 32.1 Å². The molecule has 1 N–H and O–H groups in total. The molecule has 0 spiro atoms. The van der Waals surface area contributed by atoms with Gasteiger partial charge in [-0.25, -0.2) is 9.97 Å². The lowest BCUT2D eigenvalue weighted by atomic mass is 10.1. The number of thioether (sulfide) groups is 1. The Morgan fingerprint density at radius 1 is 0.968 bits per heavy atom. The van der Waals surface area contributed by atoms with Gasteiger partial charge in [0.1, 0.15) is 5.82 Å². The molecule has 0 unspecified atom stereocenters. The maximum absolute atomic E-state index is 13.4. The average Bonchev–Trinajstić information content (AvgIpc) is 2.79. The second-order valence-electron chi connectivity index (χ2n) is 7.22. The third-order valence-electron chi connectivity index (χ3n) is 5.00. The predicted octanol–water partition coefficient (Wildman–Crippen LogP) is 4.89. The smallest absolute Gasteiger partial charge is 0.340 e. The first-order chi connectivity index (χ1) is 15.0. The number of nitrogens with one attached hydrogen (secondary N) is 1. The summed E-state index contributed by atoms with van der Waals surface area (Å²) >= 11 is 1.99. The Labute approximate surface area is 183 Å². The van der Waals surface area contributed by atoms with Crippen LogP contribution in [0.2, 0.25) is 0 Å². The van der Waals surface area contributed by atoms with E-state index >= 15 is 0 Å². The van der Waals surface area contributed by atoms with Gasteiger partial charge in [0.05, 0.1) is 0 Å². The summed E-state index contributed by atoms with van der Waals surface area (Å²) in [5.41, 5.74) is 1.34. The molecule has 5 nitrogen and oxygen atoms in total. The van der Waals surface area contributed by atoms with Crippen LogP contribution in [0, 0.1) is 0 Å². The molecule has 1 aromatic carbocycles. The van der Waals surface area contributed by atoms with Gasteiger partial charge in [-0.3, -0.25) is 4.98 Å². The summed E-state index contributed by atoms with van der Waals surface area (Å²) in [6.45, 7) is 3.27. The van der Waals surface area contributed by atoms with Crippen LogP contribution in [0.15, 0.2) is 54.9 Å². The number of pyridine rings is 1. The van der Waals surface area contributed by atoms with Crippen LogP contribution in [0.3, 0.4) is 0 Å². The van der Waals surface area contributed by atoms with Crippen molar-refractivity contribution in [2.45, 2.75) is 12.6 Å². The minimum Gasteiger partial charge on any atom is -0.340 e. The molecule has 2 aromatic heterocycles. The van der Waals surface area contributed by atoms with E-state index in [2.05, 4.69) is 25.2 Å². The van der Waals surface area contributed by atoms with E-state index in [1.165, 1.54) is 29.5 Å². The zero-order chi connectivity index (χ0) is 21.7. The molecule has 4 rings (SSSR count). The number of aromatic nitrogens is 3. The third-order valence-corrected chi connectivity index (χ3v) is 5.94. The molecular weight excluding hydrogens is 423 g/mol. The van der Waals surface area contributed by atoms with Crippen LogP contribution < -0.4 is 5.32 Å².